The largest absolute Gasteiger partial charge is 0.508 e. The van der Waals surface area contributed by atoms with Crippen LogP contribution in [0.15, 0.2) is 29.8 Å². The Balaban J connectivity index is 2.42. The van der Waals surface area contributed by atoms with Crippen molar-refractivity contribution >= 4 is 35.2 Å². The Morgan fingerprint density at radius 3 is 2.37 bits per heavy atom. The van der Waals surface area contributed by atoms with E-state index in [2.05, 4.69) is 4.74 Å². The number of hydrogen-bond donors (Lipinski definition) is 1. The summed E-state index contributed by atoms with van der Waals surface area (Å²) in [5.41, 5.74) is 2.29. The molecule has 0 radical (unpaired) electrons. The van der Waals surface area contributed by atoms with Gasteiger partial charge in [0, 0.05) is 27.6 Å². The number of phenols is 1. The lowest BCUT2D eigenvalue weighted by Crippen LogP contribution is -2.02. The molecule has 0 saturated heterocycles. The van der Waals surface area contributed by atoms with Gasteiger partial charge in [-0.2, -0.15) is 0 Å². The molecular weight excluding hydrogens is 390 g/mol. The van der Waals surface area contributed by atoms with Gasteiger partial charge < -0.3 is 9.84 Å². The highest BCUT2D eigenvalue weighted by molar-refractivity contribution is 6.36. The number of hydrogen-bond acceptors (Lipinski definition) is 3. The highest BCUT2D eigenvalue weighted by Gasteiger charge is 2.18. The van der Waals surface area contributed by atoms with Gasteiger partial charge in [0.15, 0.2) is 0 Å². The number of phenolic OH excluding ortho intramolecular Hbond substituents is 1. The predicted octanol–water partition coefficient (Wildman–Crippen LogP) is 6.13. The van der Waals surface area contributed by atoms with E-state index in [0.717, 1.165) is 0 Å². The monoisotopic (exact) mass is 410 g/mol. The molecule has 0 aliphatic carbocycles. The fraction of sp³-hybridized carbons (Fsp3) is 0.286. The van der Waals surface area contributed by atoms with Crippen LogP contribution in [-0.4, -0.2) is 18.2 Å². The van der Waals surface area contributed by atoms with Crippen molar-refractivity contribution in [3.63, 3.8) is 0 Å². The van der Waals surface area contributed by atoms with Crippen LogP contribution in [0.25, 0.3) is 6.08 Å². The number of esters is 1. The van der Waals surface area contributed by atoms with Gasteiger partial charge in [0.25, 0.3) is 0 Å². The summed E-state index contributed by atoms with van der Waals surface area (Å²) in [5, 5.41) is 10.6. The third kappa shape index (κ3) is 4.82. The fourth-order valence-electron chi connectivity index (χ4n) is 2.85. The van der Waals surface area contributed by atoms with Crippen LogP contribution >= 0.6 is 23.2 Å². The Kier molecular flexibility index (Phi) is 6.90. The SMILES string of the molecule is COC(=O)/C(C)=C/c1cc(Cl)c(Cc2ccc(O)c(C(C)C)c2F)c(Cl)c1. The molecule has 2 rings (SSSR count). The molecule has 0 aromatic heterocycles. The van der Waals surface area contributed by atoms with Gasteiger partial charge in [-0.1, -0.05) is 43.1 Å². The van der Waals surface area contributed by atoms with Crippen molar-refractivity contribution in [3.8, 4) is 5.75 Å². The second kappa shape index (κ2) is 8.77. The number of halogens is 3. The molecule has 0 aliphatic heterocycles. The highest BCUT2D eigenvalue weighted by atomic mass is 35.5. The Morgan fingerprint density at radius 2 is 1.85 bits per heavy atom. The molecule has 0 spiro atoms. The van der Waals surface area contributed by atoms with Crippen molar-refractivity contribution < 1.29 is 19.0 Å². The minimum atomic E-state index is -0.456. The lowest BCUT2D eigenvalue weighted by molar-refractivity contribution is -0.135. The van der Waals surface area contributed by atoms with Crippen LogP contribution < -0.4 is 0 Å². The first kappa shape index (κ1) is 21.3. The van der Waals surface area contributed by atoms with Crippen molar-refractivity contribution in [2.75, 3.05) is 7.11 Å². The second-order valence-electron chi connectivity index (χ2n) is 6.58. The molecule has 0 amide bonds. The molecule has 2 aromatic rings. The van der Waals surface area contributed by atoms with Gasteiger partial charge in [0.05, 0.1) is 7.11 Å². The quantitative estimate of drug-likeness (QED) is 0.476. The minimum absolute atomic E-state index is 0.0674. The van der Waals surface area contributed by atoms with Gasteiger partial charge in [0.1, 0.15) is 11.6 Å². The third-order valence-electron chi connectivity index (χ3n) is 4.24. The van der Waals surface area contributed by atoms with Crippen molar-refractivity contribution in [2.24, 2.45) is 0 Å². The maximum absolute atomic E-state index is 14.8. The topological polar surface area (TPSA) is 46.5 Å². The fourth-order valence-corrected chi connectivity index (χ4v) is 3.49. The number of aromatic hydroxyl groups is 1. The van der Waals surface area contributed by atoms with Gasteiger partial charge in [-0.3, -0.25) is 0 Å². The van der Waals surface area contributed by atoms with Crippen LogP contribution in [0, 0.1) is 5.82 Å². The van der Waals surface area contributed by atoms with E-state index in [1.54, 1.807) is 25.1 Å². The van der Waals surface area contributed by atoms with Crippen molar-refractivity contribution in [1.29, 1.82) is 0 Å². The van der Waals surface area contributed by atoms with Crippen molar-refractivity contribution in [3.05, 3.63) is 68.0 Å². The van der Waals surface area contributed by atoms with E-state index < -0.39 is 11.8 Å². The minimum Gasteiger partial charge on any atom is -0.508 e. The zero-order valence-corrected chi connectivity index (χ0v) is 17.1. The standard InChI is InChI=1S/C21H21Cl2FO3/c1-11(2)19-18(25)6-5-14(20(19)24)10-15-16(22)8-13(9-17(15)23)7-12(3)21(26)27-4/h5-9,11,25H,10H2,1-4H3/b12-7+. The predicted molar refractivity (Wildman–Crippen MR) is 107 cm³/mol. The Labute approximate surface area is 168 Å². The van der Waals surface area contributed by atoms with E-state index in [4.69, 9.17) is 23.2 Å². The van der Waals surface area contributed by atoms with Crippen molar-refractivity contribution in [2.45, 2.75) is 33.1 Å². The first-order valence-corrected chi connectivity index (χ1v) is 9.16. The van der Waals surface area contributed by atoms with Crippen molar-refractivity contribution in [1.82, 2.24) is 0 Å². The molecule has 144 valence electrons. The summed E-state index contributed by atoms with van der Waals surface area (Å²) in [6.07, 6.45) is 1.80. The van der Waals surface area contributed by atoms with Gasteiger partial charge in [0.2, 0.25) is 0 Å². The van der Waals surface area contributed by atoms with Gasteiger partial charge in [-0.05, 0) is 53.8 Å². The number of benzene rings is 2. The summed E-state index contributed by atoms with van der Waals surface area (Å²) in [5.74, 6) is -1.13. The van der Waals surface area contributed by atoms with E-state index in [0.29, 0.717) is 32.3 Å². The number of methoxy groups -OCH3 is 1. The van der Waals surface area contributed by atoms with Crippen LogP contribution in [-0.2, 0) is 16.0 Å². The average molecular weight is 411 g/mol. The van der Waals surface area contributed by atoms with Crippen LogP contribution in [0.2, 0.25) is 10.0 Å². The summed E-state index contributed by atoms with van der Waals surface area (Å²) < 4.78 is 19.5. The Hall–Kier alpha value is -2.04. The number of rotatable bonds is 5. The summed E-state index contributed by atoms with van der Waals surface area (Å²) in [4.78, 5) is 11.5. The number of ether oxygens (including phenoxy) is 1. The van der Waals surface area contributed by atoms with E-state index in [1.165, 1.54) is 19.2 Å². The average Bonchev–Trinajstić information content (AvgIpc) is 2.58. The van der Waals surface area contributed by atoms with Crippen LogP contribution in [0.5, 0.6) is 5.75 Å². The Bertz CT molecular complexity index is 882. The van der Waals surface area contributed by atoms with Crippen LogP contribution in [0.3, 0.4) is 0 Å². The normalized spacial score (nSPS) is 11.8. The molecule has 0 saturated carbocycles. The number of carbonyl (C=O) groups is 1. The van der Waals surface area contributed by atoms with E-state index >= 15 is 0 Å². The molecular formula is C21H21Cl2FO3. The first-order chi connectivity index (χ1) is 12.6. The molecule has 6 heteroatoms. The zero-order chi connectivity index (χ0) is 20.3. The van der Waals surface area contributed by atoms with E-state index in [-0.39, 0.29) is 23.7 Å². The Morgan fingerprint density at radius 1 is 1.26 bits per heavy atom. The lowest BCUT2D eigenvalue weighted by Gasteiger charge is -2.15. The van der Waals surface area contributed by atoms with E-state index in [9.17, 15) is 14.3 Å². The molecule has 0 heterocycles. The van der Waals surface area contributed by atoms with Gasteiger partial charge in [-0.15, -0.1) is 0 Å². The smallest absolute Gasteiger partial charge is 0.333 e. The maximum atomic E-state index is 14.8. The molecule has 0 bridgehead atoms. The van der Waals surface area contributed by atoms with Crippen LogP contribution in [0.4, 0.5) is 4.39 Å². The third-order valence-corrected chi connectivity index (χ3v) is 4.91. The summed E-state index contributed by atoms with van der Waals surface area (Å²) in [6, 6.07) is 6.33. The molecule has 0 atom stereocenters. The lowest BCUT2D eigenvalue weighted by atomic mass is 9.95. The van der Waals surface area contributed by atoms with Gasteiger partial charge in [-0.25, -0.2) is 9.18 Å². The first-order valence-electron chi connectivity index (χ1n) is 8.40. The summed E-state index contributed by atoms with van der Waals surface area (Å²) in [7, 11) is 1.31. The molecule has 0 fully saturated rings. The second-order valence-corrected chi connectivity index (χ2v) is 7.40. The highest BCUT2D eigenvalue weighted by Crippen LogP contribution is 2.34. The summed E-state index contributed by atoms with van der Waals surface area (Å²) in [6.45, 7) is 5.25. The molecule has 0 aliphatic rings. The molecule has 2 aromatic carbocycles. The number of carbonyl (C=O) groups excluding carboxylic acids is 1. The zero-order valence-electron chi connectivity index (χ0n) is 15.6. The molecule has 0 unspecified atom stereocenters. The molecule has 27 heavy (non-hydrogen) atoms. The van der Waals surface area contributed by atoms with E-state index in [1.807, 2.05) is 13.8 Å². The van der Waals surface area contributed by atoms with Gasteiger partial charge >= 0.3 is 5.97 Å². The maximum Gasteiger partial charge on any atom is 0.333 e. The summed E-state index contributed by atoms with van der Waals surface area (Å²) >= 11 is 12.7. The van der Waals surface area contributed by atoms with Crippen LogP contribution in [0.1, 0.15) is 48.9 Å². The molecule has 3 nitrogen and oxygen atoms in total. The molecule has 1 N–H and O–H groups in total.